The highest BCUT2D eigenvalue weighted by molar-refractivity contribution is 5.84. The quantitative estimate of drug-likeness (QED) is 0.681. The van der Waals surface area contributed by atoms with E-state index >= 15 is 0 Å². The van der Waals surface area contributed by atoms with Gasteiger partial charge >= 0.3 is 0 Å². The number of carbonyl (C=O) groups is 1. The minimum absolute atomic E-state index is 0.292. The molecule has 0 aromatic rings. The fourth-order valence-electron chi connectivity index (χ4n) is 2.91. The summed E-state index contributed by atoms with van der Waals surface area (Å²) >= 11 is 0. The second kappa shape index (κ2) is 5.07. The molecule has 3 heteroatoms. The molecular weight excluding hydrogens is 212 g/mol. The van der Waals surface area contributed by atoms with Crippen LogP contribution in [-0.4, -0.2) is 70.1 Å². The Hall–Kier alpha value is -0.410. The standard InChI is InChI=1S/C14H30N2O/c1-15(2,3)10-12-8-7-9-13(14(12)17)11-16(4,5)6/h12-13H,7-11H2,1-6H3/q+2/t12-,13-/m0/s1. The molecule has 2 atom stereocenters. The number of rotatable bonds is 4. The molecule has 0 saturated heterocycles. The molecule has 1 saturated carbocycles. The zero-order chi connectivity index (χ0) is 13.3. The second-order valence-corrected chi connectivity index (χ2v) is 7.67. The van der Waals surface area contributed by atoms with Gasteiger partial charge in [-0.1, -0.05) is 6.42 Å². The zero-order valence-electron chi connectivity index (χ0n) is 12.5. The SMILES string of the molecule is C[N+](C)(C)C[C@@H]1CCC[C@@H](C[N+](C)(C)C)C1=O. The highest BCUT2D eigenvalue weighted by atomic mass is 16.1. The maximum Gasteiger partial charge on any atom is 0.150 e. The molecule has 0 aromatic carbocycles. The lowest BCUT2D eigenvalue weighted by molar-refractivity contribution is -0.874. The van der Waals surface area contributed by atoms with E-state index in [1.165, 1.54) is 6.42 Å². The third kappa shape index (κ3) is 5.17. The number of hydrogen-bond acceptors (Lipinski definition) is 1. The summed E-state index contributed by atoms with van der Waals surface area (Å²) in [5, 5.41) is 0. The van der Waals surface area contributed by atoms with Crippen molar-refractivity contribution in [2.75, 3.05) is 55.4 Å². The number of Topliss-reactive ketones (excluding diaryl/α,β-unsaturated/α-hetero) is 1. The Morgan fingerprint density at radius 3 is 1.53 bits per heavy atom. The molecule has 0 amide bonds. The van der Waals surface area contributed by atoms with Gasteiger partial charge in [-0.15, -0.1) is 0 Å². The van der Waals surface area contributed by atoms with Crippen LogP contribution in [0.1, 0.15) is 19.3 Å². The largest absolute Gasteiger partial charge is 0.330 e. The first-order valence-electron chi connectivity index (χ1n) is 6.73. The number of ketones is 1. The van der Waals surface area contributed by atoms with Crippen molar-refractivity contribution in [2.45, 2.75) is 19.3 Å². The van der Waals surface area contributed by atoms with E-state index in [0.717, 1.165) is 34.9 Å². The molecule has 1 aliphatic rings. The van der Waals surface area contributed by atoms with Crippen LogP contribution in [0.3, 0.4) is 0 Å². The first-order chi connectivity index (χ1) is 7.58. The molecule has 1 fully saturated rings. The minimum Gasteiger partial charge on any atom is -0.330 e. The van der Waals surface area contributed by atoms with Crippen LogP contribution in [0.25, 0.3) is 0 Å². The van der Waals surface area contributed by atoms with Crippen LogP contribution < -0.4 is 0 Å². The monoisotopic (exact) mass is 242 g/mol. The van der Waals surface area contributed by atoms with E-state index in [2.05, 4.69) is 42.3 Å². The maximum atomic E-state index is 12.5. The summed E-state index contributed by atoms with van der Waals surface area (Å²) in [6.45, 7) is 1.99. The van der Waals surface area contributed by atoms with E-state index in [-0.39, 0.29) is 0 Å². The third-order valence-electron chi connectivity index (χ3n) is 3.45. The molecule has 0 aliphatic heterocycles. The molecule has 0 aromatic heterocycles. The van der Waals surface area contributed by atoms with Gasteiger partial charge in [0, 0.05) is 0 Å². The van der Waals surface area contributed by atoms with Gasteiger partial charge in [-0.05, 0) is 12.8 Å². The summed E-state index contributed by atoms with van der Waals surface area (Å²) in [7, 11) is 13.1. The second-order valence-electron chi connectivity index (χ2n) is 7.67. The van der Waals surface area contributed by atoms with Gasteiger partial charge in [0.25, 0.3) is 0 Å². The van der Waals surface area contributed by atoms with E-state index in [4.69, 9.17) is 0 Å². The average Bonchev–Trinajstić information content (AvgIpc) is 2.07. The molecule has 1 rings (SSSR count). The lowest BCUT2D eigenvalue weighted by Gasteiger charge is -2.35. The molecule has 0 heterocycles. The zero-order valence-corrected chi connectivity index (χ0v) is 12.5. The predicted molar refractivity (Wildman–Crippen MR) is 71.6 cm³/mol. The lowest BCUT2D eigenvalue weighted by atomic mass is 9.79. The summed E-state index contributed by atoms with van der Waals surface area (Å²) < 4.78 is 1.79. The van der Waals surface area contributed by atoms with Crippen molar-refractivity contribution >= 4 is 5.78 Å². The molecule has 0 spiro atoms. The van der Waals surface area contributed by atoms with Gasteiger partial charge in [0.1, 0.15) is 5.78 Å². The summed E-state index contributed by atoms with van der Waals surface area (Å²) in [6, 6.07) is 0. The molecule has 17 heavy (non-hydrogen) atoms. The molecule has 3 nitrogen and oxygen atoms in total. The maximum absolute atomic E-state index is 12.5. The van der Waals surface area contributed by atoms with Gasteiger partial charge in [0.15, 0.2) is 0 Å². The summed E-state index contributed by atoms with van der Waals surface area (Å²) in [5.41, 5.74) is 0. The highest BCUT2D eigenvalue weighted by Gasteiger charge is 2.36. The Morgan fingerprint density at radius 2 is 1.24 bits per heavy atom. The topological polar surface area (TPSA) is 17.1 Å². The van der Waals surface area contributed by atoms with Crippen LogP contribution in [0.4, 0.5) is 0 Å². The van der Waals surface area contributed by atoms with E-state index in [9.17, 15) is 4.79 Å². The van der Waals surface area contributed by atoms with Gasteiger partial charge in [-0.25, -0.2) is 0 Å². The van der Waals surface area contributed by atoms with E-state index in [1.807, 2.05) is 0 Å². The molecule has 0 bridgehead atoms. The van der Waals surface area contributed by atoms with E-state index in [0.29, 0.717) is 17.6 Å². The Bertz CT molecular complexity index is 247. The van der Waals surface area contributed by atoms with E-state index in [1.54, 1.807) is 0 Å². The fraction of sp³-hybridized carbons (Fsp3) is 0.929. The Balaban J connectivity index is 2.63. The van der Waals surface area contributed by atoms with Crippen LogP contribution in [0, 0.1) is 11.8 Å². The van der Waals surface area contributed by atoms with Crippen molar-refractivity contribution in [2.24, 2.45) is 11.8 Å². The minimum atomic E-state index is 0.292. The predicted octanol–water partition coefficient (Wildman–Crippen LogP) is 1.38. The van der Waals surface area contributed by atoms with Crippen molar-refractivity contribution in [3.05, 3.63) is 0 Å². The number of carbonyl (C=O) groups excluding carboxylic acids is 1. The van der Waals surface area contributed by atoms with Crippen molar-refractivity contribution in [1.29, 1.82) is 0 Å². The molecule has 0 unspecified atom stereocenters. The molecular formula is C14H30N2O+2. The third-order valence-corrected chi connectivity index (χ3v) is 3.45. The van der Waals surface area contributed by atoms with Gasteiger partial charge in [0.2, 0.25) is 0 Å². The summed E-state index contributed by atoms with van der Waals surface area (Å²) in [6.07, 6.45) is 3.42. The van der Waals surface area contributed by atoms with Crippen LogP contribution in [0.2, 0.25) is 0 Å². The van der Waals surface area contributed by atoms with Gasteiger partial charge in [0.05, 0.1) is 67.2 Å². The van der Waals surface area contributed by atoms with E-state index < -0.39 is 0 Å². The molecule has 0 N–H and O–H groups in total. The van der Waals surface area contributed by atoms with Crippen molar-refractivity contribution in [1.82, 2.24) is 0 Å². The van der Waals surface area contributed by atoms with Crippen molar-refractivity contribution < 1.29 is 13.8 Å². The number of quaternary nitrogens is 2. The molecule has 1 aliphatic carbocycles. The van der Waals surface area contributed by atoms with Crippen molar-refractivity contribution in [3.8, 4) is 0 Å². The van der Waals surface area contributed by atoms with Crippen LogP contribution in [0.5, 0.6) is 0 Å². The van der Waals surface area contributed by atoms with Gasteiger partial charge in [-0.2, -0.15) is 0 Å². The van der Waals surface area contributed by atoms with Crippen molar-refractivity contribution in [3.63, 3.8) is 0 Å². The van der Waals surface area contributed by atoms with Crippen LogP contribution >= 0.6 is 0 Å². The molecule has 0 radical (unpaired) electrons. The van der Waals surface area contributed by atoms with Gasteiger partial charge < -0.3 is 8.97 Å². The normalized spacial score (nSPS) is 27.3. The average molecular weight is 242 g/mol. The Morgan fingerprint density at radius 1 is 0.882 bits per heavy atom. The lowest BCUT2D eigenvalue weighted by Crippen LogP contribution is -2.48. The summed E-state index contributed by atoms with van der Waals surface area (Å²) in [4.78, 5) is 12.5. The smallest absolute Gasteiger partial charge is 0.150 e. The number of hydrogen-bond donors (Lipinski definition) is 0. The molecule has 100 valence electrons. The first kappa shape index (κ1) is 14.7. The highest BCUT2D eigenvalue weighted by Crippen LogP contribution is 2.28. The first-order valence-corrected chi connectivity index (χ1v) is 6.73. The van der Waals surface area contributed by atoms with Crippen LogP contribution in [0.15, 0.2) is 0 Å². The Kier molecular flexibility index (Phi) is 4.37. The van der Waals surface area contributed by atoms with Gasteiger partial charge in [-0.3, -0.25) is 4.79 Å². The fourth-order valence-corrected chi connectivity index (χ4v) is 2.91. The number of nitrogens with zero attached hydrogens (tertiary/aromatic N) is 2. The Labute approximate surface area is 107 Å². The van der Waals surface area contributed by atoms with Crippen LogP contribution in [-0.2, 0) is 4.79 Å². The summed E-state index contributed by atoms with van der Waals surface area (Å²) in [5.74, 6) is 1.11.